The molecule has 0 atom stereocenters. The minimum absolute atomic E-state index is 0.00547. The molecule has 34 heavy (non-hydrogen) atoms. The molecule has 0 fully saturated rings. The number of carboxylic acids is 2. The van der Waals surface area contributed by atoms with Crippen molar-refractivity contribution >= 4 is 92.5 Å². The van der Waals surface area contributed by atoms with Gasteiger partial charge in [0.1, 0.15) is 10.0 Å². The lowest BCUT2D eigenvalue weighted by atomic mass is 9.89. The summed E-state index contributed by atoms with van der Waals surface area (Å²) in [7, 11) is 0. The number of hydrogen-bond acceptors (Lipinski definition) is 5. The van der Waals surface area contributed by atoms with Crippen LogP contribution in [0.1, 0.15) is 20.7 Å². The van der Waals surface area contributed by atoms with Crippen LogP contribution in [-0.4, -0.2) is 27.3 Å². The molecule has 0 unspecified atom stereocenters. The number of halogens is 6. The zero-order valence-corrected chi connectivity index (χ0v) is 20.5. The van der Waals surface area contributed by atoms with Crippen LogP contribution in [0.5, 0.6) is 5.75 Å². The van der Waals surface area contributed by atoms with Crippen molar-refractivity contribution in [2.24, 2.45) is 0 Å². The zero-order valence-electron chi connectivity index (χ0n) is 16.0. The minimum atomic E-state index is -1.55. The predicted molar refractivity (Wildman–Crippen MR) is 130 cm³/mol. The van der Waals surface area contributed by atoms with E-state index < -0.39 is 54.3 Å². The number of aromatic carboxylic acids is 2. The Balaban J connectivity index is 2.42. The molecule has 4 rings (SSSR count). The quantitative estimate of drug-likeness (QED) is 0.212. The Labute approximate surface area is 218 Å². The molecule has 3 N–H and O–H groups in total. The average molecular weight is 583 g/mol. The van der Waals surface area contributed by atoms with Crippen LogP contribution >= 0.6 is 69.6 Å². The van der Waals surface area contributed by atoms with Gasteiger partial charge in [0.2, 0.25) is 5.43 Å². The monoisotopic (exact) mass is 580 g/mol. The van der Waals surface area contributed by atoms with Crippen LogP contribution in [0.15, 0.2) is 27.4 Å². The number of fused-ring (bicyclic) bond motifs is 2. The average Bonchev–Trinajstić information content (AvgIpc) is 2.76. The fourth-order valence-electron chi connectivity index (χ4n) is 3.49. The van der Waals surface area contributed by atoms with E-state index in [1.165, 1.54) is 6.07 Å². The van der Waals surface area contributed by atoms with E-state index in [-0.39, 0.29) is 43.5 Å². The smallest absolute Gasteiger partial charge is 0.337 e. The molecule has 0 radical (unpaired) electrons. The van der Waals surface area contributed by atoms with E-state index in [0.717, 1.165) is 12.1 Å². The first-order valence-electron chi connectivity index (χ1n) is 8.81. The molecular weight excluding hydrogens is 577 g/mol. The fourth-order valence-corrected chi connectivity index (χ4v) is 5.09. The highest BCUT2D eigenvalue weighted by Gasteiger charge is 2.32. The van der Waals surface area contributed by atoms with Gasteiger partial charge in [-0.3, -0.25) is 4.79 Å². The first-order valence-corrected chi connectivity index (χ1v) is 11.1. The maximum Gasteiger partial charge on any atom is 0.337 e. The van der Waals surface area contributed by atoms with Crippen molar-refractivity contribution in [2.45, 2.75) is 0 Å². The number of benzene rings is 3. The SMILES string of the molecule is O=C(O)c1cc(Cl)c(C(=O)O)c(-c2c3cc(Cl)c(=O)c(Cl)c-3oc3c(Cl)c(O)c(Cl)cc23)c1Cl. The van der Waals surface area contributed by atoms with Crippen molar-refractivity contribution in [2.75, 3.05) is 0 Å². The molecule has 1 aliphatic heterocycles. The molecule has 2 aromatic rings. The number of aromatic hydroxyl groups is 1. The largest absolute Gasteiger partial charge is 0.505 e. The second-order valence-corrected chi connectivity index (χ2v) is 9.19. The van der Waals surface area contributed by atoms with Gasteiger partial charge in [-0.25, -0.2) is 9.59 Å². The highest BCUT2D eigenvalue weighted by atomic mass is 35.5. The van der Waals surface area contributed by atoms with Gasteiger partial charge in [0.05, 0.1) is 31.2 Å². The van der Waals surface area contributed by atoms with E-state index >= 15 is 0 Å². The third-order valence-corrected chi connectivity index (χ3v) is 6.89. The summed E-state index contributed by atoms with van der Waals surface area (Å²) in [5.74, 6) is -3.90. The van der Waals surface area contributed by atoms with Crippen LogP contribution in [-0.2, 0) is 0 Å². The molecular formula is C21H6Cl6O7. The number of carboxylic acid groups (broad SMARTS) is 2. The Morgan fingerprint density at radius 2 is 1.41 bits per heavy atom. The second-order valence-electron chi connectivity index (χ2n) is 6.83. The van der Waals surface area contributed by atoms with Gasteiger partial charge >= 0.3 is 11.9 Å². The lowest BCUT2D eigenvalue weighted by Crippen LogP contribution is -2.10. The van der Waals surface area contributed by atoms with Gasteiger partial charge in [-0.15, -0.1) is 0 Å². The molecule has 0 bridgehead atoms. The Kier molecular flexibility index (Phi) is 6.31. The summed E-state index contributed by atoms with van der Waals surface area (Å²) in [6.07, 6.45) is 0. The van der Waals surface area contributed by atoms with Crippen LogP contribution in [0.3, 0.4) is 0 Å². The van der Waals surface area contributed by atoms with E-state index in [1.807, 2.05) is 0 Å². The lowest BCUT2D eigenvalue weighted by molar-refractivity contribution is 0.0682. The Bertz CT molecular complexity index is 1610. The highest BCUT2D eigenvalue weighted by Crippen LogP contribution is 2.51. The Morgan fingerprint density at radius 1 is 0.765 bits per heavy atom. The third kappa shape index (κ3) is 3.64. The zero-order chi connectivity index (χ0) is 25.2. The topological polar surface area (TPSA) is 125 Å². The van der Waals surface area contributed by atoms with Crippen molar-refractivity contribution < 1.29 is 29.3 Å². The molecule has 1 heterocycles. The summed E-state index contributed by atoms with van der Waals surface area (Å²) in [5.41, 5.74) is -2.61. The van der Waals surface area contributed by atoms with Crippen LogP contribution < -0.4 is 5.43 Å². The van der Waals surface area contributed by atoms with Gasteiger partial charge in [0, 0.05) is 22.1 Å². The standard InChI is InChI=1S/C21H6Cl6O7/c22-7-3-6(20(30)31)13(25)12(11(7)21(32)33)10-4-1-8(23)16(28)14(26)18(4)34-19-5(10)2-9(24)17(29)15(19)27/h1-3,28H,(H,30,31)(H,32,33). The summed E-state index contributed by atoms with van der Waals surface area (Å²) in [6, 6.07) is 3.21. The van der Waals surface area contributed by atoms with E-state index in [1.54, 1.807) is 0 Å². The fraction of sp³-hybridized carbons (Fsp3) is 0. The molecule has 0 saturated heterocycles. The summed E-state index contributed by atoms with van der Waals surface area (Å²) in [4.78, 5) is 36.4. The molecule has 13 heteroatoms. The number of hydrogen-bond donors (Lipinski definition) is 3. The van der Waals surface area contributed by atoms with Gasteiger partial charge in [-0.05, 0) is 18.2 Å². The molecule has 0 amide bonds. The van der Waals surface area contributed by atoms with Gasteiger partial charge < -0.3 is 19.7 Å². The minimum Gasteiger partial charge on any atom is -0.505 e. The molecule has 174 valence electrons. The van der Waals surface area contributed by atoms with Crippen LogP contribution in [0, 0.1) is 0 Å². The van der Waals surface area contributed by atoms with E-state index in [0.29, 0.717) is 0 Å². The maximum atomic E-state index is 12.4. The molecule has 2 aliphatic rings. The van der Waals surface area contributed by atoms with Gasteiger partial charge in [0.15, 0.2) is 17.1 Å². The lowest BCUT2D eigenvalue weighted by Gasteiger charge is -2.21. The van der Waals surface area contributed by atoms with Gasteiger partial charge in [-0.2, -0.15) is 0 Å². The third-order valence-electron chi connectivity index (χ3n) is 4.93. The van der Waals surface area contributed by atoms with Gasteiger partial charge in [0.25, 0.3) is 0 Å². The van der Waals surface area contributed by atoms with Crippen molar-refractivity contribution in [1.82, 2.24) is 0 Å². The molecule has 0 aromatic heterocycles. The molecule has 1 aliphatic carbocycles. The number of carbonyl (C=O) groups is 2. The highest BCUT2D eigenvalue weighted by molar-refractivity contribution is 6.44. The van der Waals surface area contributed by atoms with Gasteiger partial charge in [-0.1, -0.05) is 69.6 Å². The van der Waals surface area contributed by atoms with Crippen molar-refractivity contribution in [3.8, 4) is 28.2 Å². The molecule has 2 aromatic carbocycles. The first kappa shape index (κ1) is 24.7. The van der Waals surface area contributed by atoms with Crippen LogP contribution in [0.2, 0.25) is 30.1 Å². The number of phenolic OH excluding ortho intramolecular Hbond substituents is 1. The predicted octanol–water partition coefficient (Wildman–Crippen LogP) is 7.59. The van der Waals surface area contributed by atoms with E-state index in [9.17, 15) is 29.7 Å². The van der Waals surface area contributed by atoms with Crippen molar-refractivity contribution in [3.63, 3.8) is 0 Å². The summed E-state index contributed by atoms with van der Waals surface area (Å²) in [6.45, 7) is 0. The second kappa shape index (κ2) is 8.68. The number of rotatable bonds is 3. The summed E-state index contributed by atoms with van der Waals surface area (Å²) < 4.78 is 5.71. The first-order chi connectivity index (χ1) is 15.9. The van der Waals surface area contributed by atoms with E-state index in [4.69, 9.17) is 74.0 Å². The number of phenols is 1. The van der Waals surface area contributed by atoms with Crippen LogP contribution in [0.25, 0.3) is 33.4 Å². The maximum absolute atomic E-state index is 12.4. The van der Waals surface area contributed by atoms with E-state index in [2.05, 4.69) is 0 Å². The van der Waals surface area contributed by atoms with Crippen molar-refractivity contribution in [1.29, 1.82) is 0 Å². The summed E-state index contributed by atoms with van der Waals surface area (Å²) >= 11 is 37.1. The molecule has 0 saturated carbocycles. The normalized spacial score (nSPS) is 11.4. The Hall–Kier alpha value is -2.39. The Morgan fingerprint density at radius 3 is 2.00 bits per heavy atom. The molecule has 0 spiro atoms. The summed E-state index contributed by atoms with van der Waals surface area (Å²) in [5, 5.41) is 27.3. The van der Waals surface area contributed by atoms with Crippen molar-refractivity contribution in [3.05, 3.63) is 69.7 Å². The van der Waals surface area contributed by atoms with Crippen LogP contribution in [0.4, 0.5) is 0 Å². The molecule has 7 nitrogen and oxygen atoms in total.